The van der Waals surface area contributed by atoms with Gasteiger partial charge in [0.2, 0.25) is 11.8 Å². The fraction of sp³-hybridized carbons (Fsp3) is 0.333. The third-order valence-electron chi connectivity index (χ3n) is 8.65. The number of hydrogen-bond donors (Lipinski definition) is 1. The maximum Gasteiger partial charge on any atom is 0.338 e. The first-order chi connectivity index (χ1) is 24.6. The normalized spacial score (nSPS) is 13.0. The SMILES string of the molecule is COCOCc1nc(-c2nc(C(=O)N[C@@H](COC(=O)c3ccccc3)[C@@H](C)CCO[Si](c3ccccc3)(c3ccccc3)C(C)(C)C)co2)co1. The maximum atomic E-state index is 13.6. The summed E-state index contributed by atoms with van der Waals surface area (Å²) in [6.45, 7) is 9.26. The summed E-state index contributed by atoms with van der Waals surface area (Å²) in [6, 6.07) is 29.0. The number of oxazole rings is 2. The zero-order valence-corrected chi connectivity index (χ0v) is 30.7. The van der Waals surface area contributed by atoms with Crippen LogP contribution >= 0.6 is 0 Å². The van der Waals surface area contributed by atoms with Crippen LogP contribution in [0.2, 0.25) is 5.04 Å². The Morgan fingerprint density at radius 2 is 1.49 bits per heavy atom. The molecule has 2 aromatic heterocycles. The fourth-order valence-electron chi connectivity index (χ4n) is 5.96. The van der Waals surface area contributed by atoms with Gasteiger partial charge in [0.25, 0.3) is 14.2 Å². The molecule has 1 N–H and O–H groups in total. The standard InChI is InChI=1S/C39H45N3O8Si/c1-28(21-22-50-51(39(2,3)4,30-17-11-7-12-18-30)31-19-13-8-14-20-31)32(23-49-38(44)29-15-9-6-10-16-29)41-36(43)33-24-48-37(42-33)34-25-47-35(40-34)26-46-27-45-5/h6-20,24-25,28,32H,21-23,26-27H2,1-5H3,(H,41,43)/t28-,32-/m0/s1. The van der Waals surface area contributed by atoms with Crippen LogP contribution in [0.25, 0.3) is 11.6 Å². The molecule has 0 aliphatic carbocycles. The Labute approximate surface area is 299 Å². The minimum absolute atomic E-state index is 0.0420. The molecule has 5 aromatic rings. The average Bonchev–Trinajstić information content (AvgIpc) is 3.83. The smallest absolute Gasteiger partial charge is 0.338 e. The van der Waals surface area contributed by atoms with Crippen molar-refractivity contribution in [2.24, 2.45) is 5.92 Å². The minimum Gasteiger partial charge on any atom is -0.460 e. The molecular weight excluding hydrogens is 667 g/mol. The summed E-state index contributed by atoms with van der Waals surface area (Å²) in [5.74, 6) is -0.711. The van der Waals surface area contributed by atoms with Gasteiger partial charge in [0, 0.05) is 13.7 Å². The van der Waals surface area contributed by atoms with Gasteiger partial charge in [-0.3, -0.25) is 4.79 Å². The van der Waals surface area contributed by atoms with Gasteiger partial charge in [-0.25, -0.2) is 14.8 Å². The number of esters is 1. The van der Waals surface area contributed by atoms with Crippen LogP contribution in [0.4, 0.5) is 0 Å². The predicted molar refractivity (Wildman–Crippen MR) is 194 cm³/mol. The Balaban J connectivity index is 1.33. The third kappa shape index (κ3) is 9.27. The van der Waals surface area contributed by atoms with Crippen LogP contribution in [0.15, 0.2) is 112 Å². The van der Waals surface area contributed by atoms with Crippen molar-refractivity contribution in [3.05, 3.63) is 121 Å². The van der Waals surface area contributed by atoms with E-state index in [2.05, 4.69) is 84.6 Å². The van der Waals surface area contributed by atoms with Crippen LogP contribution in [0.5, 0.6) is 0 Å². The molecule has 0 saturated heterocycles. The second-order valence-electron chi connectivity index (χ2n) is 13.2. The van der Waals surface area contributed by atoms with E-state index >= 15 is 0 Å². The van der Waals surface area contributed by atoms with Crippen LogP contribution in [0, 0.1) is 5.92 Å². The number of hydrogen-bond acceptors (Lipinski definition) is 10. The zero-order chi connectivity index (χ0) is 36.3. The molecule has 12 heteroatoms. The molecule has 1 amide bonds. The highest BCUT2D eigenvalue weighted by Gasteiger charge is 2.50. The van der Waals surface area contributed by atoms with Gasteiger partial charge in [0.15, 0.2) is 11.4 Å². The van der Waals surface area contributed by atoms with Crippen molar-refractivity contribution in [3.8, 4) is 11.6 Å². The Morgan fingerprint density at radius 1 is 0.863 bits per heavy atom. The molecule has 0 fully saturated rings. The Hall–Kier alpha value is -4.88. The van der Waals surface area contributed by atoms with Gasteiger partial charge in [-0.05, 0) is 39.9 Å². The van der Waals surface area contributed by atoms with Crippen molar-refractivity contribution in [1.29, 1.82) is 0 Å². The van der Waals surface area contributed by atoms with Gasteiger partial charge in [-0.2, -0.15) is 0 Å². The summed E-state index contributed by atoms with van der Waals surface area (Å²) >= 11 is 0. The highest BCUT2D eigenvalue weighted by atomic mass is 28.4. The van der Waals surface area contributed by atoms with Crippen LogP contribution in [0.1, 0.15) is 60.9 Å². The molecule has 0 spiro atoms. The van der Waals surface area contributed by atoms with Crippen LogP contribution in [-0.4, -0.2) is 63.3 Å². The number of nitrogens with one attached hydrogen (secondary N) is 1. The number of nitrogens with zero attached hydrogens (tertiary/aromatic N) is 2. The van der Waals surface area contributed by atoms with Gasteiger partial charge in [-0.1, -0.05) is 107 Å². The molecule has 0 unspecified atom stereocenters. The van der Waals surface area contributed by atoms with Crippen molar-refractivity contribution < 1.29 is 37.1 Å². The molecule has 0 aliphatic rings. The highest BCUT2D eigenvalue weighted by Crippen LogP contribution is 2.37. The highest BCUT2D eigenvalue weighted by molar-refractivity contribution is 6.99. The molecule has 0 aliphatic heterocycles. The number of carbonyl (C=O) groups excluding carboxylic acids is 2. The van der Waals surface area contributed by atoms with Gasteiger partial charge >= 0.3 is 5.97 Å². The second kappa shape index (κ2) is 17.4. The lowest BCUT2D eigenvalue weighted by molar-refractivity contribution is -0.0453. The van der Waals surface area contributed by atoms with E-state index in [0.29, 0.717) is 30.2 Å². The lowest BCUT2D eigenvalue weighted by atomic mass is 9.99. The second-order valence-corrected chi connectivity index (χ2v) is 17.5. The molecule has 0 bridgehead atoms. The summed E-state index contributed by atoms with van der Waals surface area (Å²) < 4.78 is 34.0. The van der Waals surface area contributed by atoms with E-state index in [9.17, 15) is 9.59 Å². The number of carbonyl (C=O) groups is 2. The largest absolute Gasteiger partial charge is 0.460 e. The first kappa shape index (κ1) is 37.4. The number of rotatable bonds is 17. The zero-order valence-electron chi connectivity index (χ0n) is 29.7. The van der Waals surface area contributed by atoms with Crippen molar-refractivity contribution in [2.45, 2.75) is 51.8 Å². The predicted octanol–water partition coefficient (Wildman–Crippen LogP) is 6.01. The monoisotopic (exact) mass is 711 g/mol. The van der Waals surface area contributed by atoms with E-state index in [-0.39, 0.29) is 42.5 Å². The van der Waals surface area contributed by atoms with Gasteiger partial charge in [0.05, 0.1) is 11.6 Å². The maximum absolute atomic E-state index is 13.6. The van der Waals surface area contributed by atoms with E-state index in [1.807, 2.05) is 25.1 Å². The van der Waals surface area contributed by atoms with E-state index in [0.717, 1.165) is 0 Å². The summed E-state index contributed by atoms with van der Waals surface area (Å²) in [6.07, 6.45) is 3.21. The molecule has 2 atom stereocenters. The first-order valence-electron chi connectivity index (χ1n) is 16.9. The molecule has 3 aromatic carbocycles. The average molecular weight is 712 g/mol. The van der Waals surface area contributed by atoms with Crippen molar-refractivity contribution in [2.75, 3.05) is 27.1 Å². The van der Waals surface area contributed by atoms with Gasteiger partial charge in [-0.15, -0.1) is 0 Å². The van der Waals surface area contributed by atoms with E-state index in [1.165, 1.54) is 30.0 Å². The molecule has 5 rings (SSSR count). The molecule has 2 heterocycles. The molecule has 0 saturated carbocycles. The lowest BCUT2D eigenvalue weighted by Gasteiger charge is -2.43. The van der Waals surface area contributed by atoms with Crippen molar-refractivity contribution >= 4 is 30.6 Å². The number of ether oxygens (including phenoxy) is 3. The first-order valence-corrected chi connectivity index (χ1v) is 18.8. The molecule has 51 heavy (non-hydrogen) atoms. The van der Waals surface area contributed by atoms with E-state index in [1.54, 1.807) is 24.3 Å². The Morgan fingerprint density at radius 3 is 2.10 bits per heavy atom. The van der Waals surface area contributed by atoms with E-state index < -0.39 is 26.2 Å². The summed E-state index contributed by atoms with van der Waals surface area (Å²) in [4.78, 5) is 35.1. The Kier molecular flexibility index (Phi) is 12.7. The van der Waals surface area contributed by atoms with Crippen LogP contribution in [-0.2, 0) is 25.2 Å². The molecule has 11 nitrogen and oxygen atoms in total. The third-order valence-corrected chi connectivity index (χ3v) is 13.7. The van der Waals surface area contributed by atoms with Crippen molar-refractivity contribution in [1.82, 2.24) is 15.3 Å². The van der Waals surface area contributed by atoms with Gasteiger partial charge in [0.1, 0.15) is 32.5 Å². The Bertz CT molecular complexity index is 1780. The van der Waals surface area contributed by atoms with E-state index in [4.69, 9.17) is 27.5 Å². The minimum atomic E-state index is -2.78. The molecular formula is C39H45N3O8Si. The molecule has 268 valence electrons. The van der Waals surface area contributed by atoms with Crippen molar-refractivity contribution in [3.63, 3.8) is 0 Å². The number of amides is 1. The fourth-order valence-corrected chi connectivity index (χ4v) is 10.5. The number of benzene rings is 3. The lowest BCUT2D eigenvalue weighted by Crippen LogP contribution is -2.66. The number of methoxy groups -OCH3 is 1. The quantitative estimate of drug-likeness (QED) is 0.0529. The topological polar surface area (TPSA) is 135 Å². The summed E-state index contributed by atoms with van der Waals surface area (Å²) in [5.41, 5.74) is 0.776. The van der Waals surface area contributed by atoms with Gasteiger partial charge < -0.3 is 32.8 Å². The van der Waals surface area contributed by atoms with Crippen LogP contribution in [0.3, 0.4) is 0 Å². The van der Waals surface area contributed by atoms with Crippen LogP contribution < -0.4 is 15.7 Å². The summed E-state index contributed by atoms with van der Waals surface area (Å²) in [7, 11) is -1.26. The number of aromatic nitrogens is 2. The summed E-state index contributed by atoms with van der Waals surface area (Å²) in [5, 5.41) is 5.20. The molecule has 0 radical (unpaired) electrons.